The van der Waals surface area contributed by atoms with Gasteiger partial charge in [0.1, 0.15) is 48.8 Å². The summed E-state index contributed by atoms with van der Waals surface area (Å²) in [5, 5.41) is 62.8. The highest BCUT2D eigenvalue weighted by Gasteiger charge is 2.51. The fraction of sp³-hybridized carbons (Fsp3) is 0.952. The second kappa shape index (κ2) is 15.6. The van der Waals surface area contributed by atoms with Crippen LogP contribution in [-0.4, -0.2) is 137 Å². The van der Waals surface area contributed by atoms with Crippen molar-refractivity contribution in [2.75, 3.05) is 38.8 Å². The molecular weight excluding hydrogens is 490 g/mol. The molecule has 2 fully saturated rings. The molecule has 2 saturated heterocycles. The van der Waals surface area contributed by atoms with Crippen LogP contribution in [0.5, 0.6) is 0 Å². The van der Waals surface area contributed by atoms with Crippen LogP contribution in [0, 0.1) is 0 Å². The lowest BCUT2D eigenvalue weighted by Crippen LogP contribution is -2.68. The van der Waals surface area contributed by atoms with E-state index in [0.29, 0.717) is 6.61 Å². The molecule has 2 rings (SSSR count). The highest BCUT2D eigenvalue weighted by atomic mass is 32.1. The van der Waals surface area contributed by atoms with Gasteiger partial charge in [-0.05, 0) is 18.6 Å². The molecule has 10 atom stereocenters. The molecule has 0 aliphatic carbocycles. The van der Waals surface area contributed by atoms with E-state index in [0.717, 1.165) is 25.0 Å². The number of aliphatic hydroxyl groups excluding tert-OH is 6. The van der Waals surface area contributed by atoms with Crippen LogP contribution in [0.1, 0.15) is 26.2 Å². The molecule has 2 heterocycles. The van der Waals surface area contributed by atoms with Gasteiger partial charge in [0, 0.05) is 13.5 Å². The molecule has 0 aromatic carbocycles. The van der Waals surface area contributed by atoms with E-state index in [4.69, 9.17) is 23.7 Å². The summed E-state index contributed by atoms with van der Waals surface area (Å²) < 4.78 is 28.0. The van der Waals surface area contributed by atoms with Crippen LogP contribution >= 0.6 is 12.6 Å². The number of hydrogen-bond acceptors (Lipinski definition) is 13. The molecule has 13 nitrogen and oxygen atoms in total. The van der Waals surface area contributed by atoms with Gasteiger partial charge in [0.05, 0.1) is 26.4 Å². The zero-order valence-electron chi connectivity index (χ0n) is 19.7. The second-order valence-corrected chi connectivity index (χ2v) is 8.96. The predicted molar refractivity (Wildman–Crippen MR) is 122 cm³/mol. The standard InChI is InChI=1S/C21H39NO12S/c1-11(25)22-14-19(34-21-18(29)17(28)15(26)12(9-23)33-21)16(27)13(10-24)32-20(14)31-7-6-30-5-3-2-4-8-35/h12-21,23-24,26-29,35H,2-10H2,1H3,(H,22,25)/t12?,13?,14-,15+,16+,17?,18-,19?,20-,21+/m1/s1. The van der Waals surface area contributed by atoms with Crippen molar-refractivity contribution >= 4 is 18.5 Å². The number of ether oxygens (including phenoxy) is 5. The molecule has 0 radical (unpaired) electrons. The maximum absolute atomic E-state index is 11.9. The third kappa shape index (κ3) is 8.72. The minimum absolute atomic E-state index is 0.0777. The van der Waals surface area contributed by atoms with Crippen LogP contribution in [0.4, 0.5) is 0 Å². The molecule has 0 bridgehead atoms. The van der Waals surface area contributed by atoms with E-state index in [9.17, 15) is 35.4 Å². The lowest BCUT2D eigenvalue weighted by atomic mass is 9.95. The highest BCUT2D eigenvalue weighted by molar-refractivity contribution is 7.80. The Morgan fingerprint density at radius 1 is 0.857 bits per heavy atom. The first-order chi connectivity index (χ1) is 16.7. The Bertz CT molecular complexity index is 617. The summed E-state index contributed by atoms with van der Waals surface area (Å²) in [6, 6.07) is -1.10. The van der Waals surface area contributed by atoms with E-state index in [2.05, 4.69) is 17.9 Å². The Balaban J connectivity index is 2.08. The number of nitrogens with one attached hydrogen (secondary N) is 1. The number of hydrogen-bond donors (Lipinski definition) is 8. The number of thiol groups is 1. The highest BCUT2D eigenvalue weighted by Crippen LogP contribution is 2.29. The van der Waals surface area contributed by atoms with Gasteiger partial charge in [0.15, 0.2) is 12.6 Å². The maximum atomic E-state index is 11.9. The van der Waals surface area contributed by atoms with Gasteiger partial charge >= 0.3 is 0 Å². The monoisotopic (exact) mass is 529 g/mol. The lowest BCUT2D eigenvalue weighted by molar-refractivity contribution is -0.345. The molecule has 0 aromatic heterocycles. The van der Waals surface area contributed by atoms with Crippen molar-refractivity contribution in [2.24, 2.45) is 0 Å². The first-order valence-corrected chi connectivity index (χ1v) is 12.4. The molecule has 0 aromatic rings. The van der Waals surface area contributed by atoms with Crippen LogP contribution in [0.15, 0.2) is 0 Å². The van der Waals surface area contributed by atoms with Gasteiger partial charge in [-0.25, -0.2) is 0 Å². The molecule has 4 unspecified atom stereocenters. The summed E-state index contributed by atoms with van der Waals surface area (Å²) in [6.45, 7) is 0.811. The average Bonchev–Trinajstić information content (AvgIpc) is 2.83. The third-order valence-corrected chi connectivity index (χ3v) is 6.14. The van der Waals surface area contributed by atoms with E-state index < -0.39 is 80.5 Å². The number of rotatable bonds is 14. The zero-order chi connectivity index (χ0) is 26.0. The van der Waals surface area contributed by atoms with Gasteiger partial charge in [-0.2, -0.15) is 12.6 Å². The number of amides is 1. The van der Waals surface area contributed by atoms with Gasteiger partial charge in [-0.15, -0.1) is 0 Å². The summed E-state index contributed by atoms with van der Waals surface area (Å²) in [7, 11) is 0. The summed E-state index contributed by atoms with van der Waals surface area (Å²) in [6.07, 6.45) is -10.1. The number of unbranched alkanes of at least 4 members (excludes halogenated alkanes) is 2. The smallest absolute Gasteiger partial charge is 0.217 e. The maximum Gasteiger partial charge on any atom is 0.217 e. The Morgan fingerprint density at radius 2 is 1.51 bits per heavy atom. The fourth-order valence-electron chi connectivity index (χ4n) is 3.91. The van der Waals surface area contributed by atoms with Gasteiger partial charge in [-0.1, -0.05) is 6.42 Å². The first kappa shape index (κ1) is 30.6. The van der Waals surface area contributed by atoms with E-state index in [-0.39, 0.29) is 13.2 Å². The zero-order valence-corrected chi connectivity index (χ0v) is 20.6. The molecule has 7 N–H and O–H groups in total. The Hall–Kier alpha value is -0.620. The van der Waals surface area contributed by atoms with Crippen LogP contribution < -0.4 is 5.32 Å². The average molecular weight is 530 g/mol. The molecule has 1 amide bonds. The van der Waals surface area contributed by atoms with Gasteiger partial charge < -0.3 is 59.6 Å². The molecule has 14 heteroatoms. The molecule has 35 heavy (non-hydrogen) atoms. The van der Waals surface area contributed by atoms with Crippen molar-refractivity contribution in [3.8, 4) is 0 Å². The quantitative estimate of drug-likeness (QED) is 0.0834. The first-order valence-electron chi connectivity index (χ1n) is 11.7. The number of carbonyl (C=O) groups is 1. The predicted octanol–water partition coefficient (Wildman–Crippen LogP) is -3.11. The number of carbonyl (C=O) groups excluding carboxylic acids is 1. The van der Waals surface area contributed by atoms with Crippen LogP contribution in [0.3, 0.4) is 0 Å². The van der Waals surface area contributed by atoms with Crippen molar-refractivity contribution in [2.45, 2.75) is 87.5 Å². The Morgan fingerprint density at radius 3 is 2.14 bits per heavy atom. The van der Waals surface area contributed by atoms with Crippen molar-refractivity contribution in [3.63, 3.8) is 0 Å². The van der Waals surface area contributed by atoms with E-state index >= 15 is 0 Å². The summed E-state index contributed by atoms with van der Waals surface area (Å²) in [5.41, 5.74) is 0. The van der Waals surface area contributed by atoms with Crippen molar-refractivity contribution in [1.82, 2.24) is 5.32 Å². The molecule has 206 valence electrons. The van der Waals surface area contributed by atoms with Crippen molar-refractivity contribution in [1.29, 1.82) is 0 Å². The third-order valence-electron chi connectivity index (χ3n) is 5.82. The summed E-state index contributed by atoms with van der Waals surface area (Å²) in [4.78, 5) is 11.9. The SMILES string of the molecule is CC(=O)N[C@@H]1C(O[C@@H]2OC(CO)[C@H](O)C(O)[C@H]2O)[C@@H](O)C(CO)O[C@H]1OCCOCCCCCS. The minimum atomic E-state index is -1.73. The van der Waals surface area contributed by atoms with Gasteiger partial charge in [-0.3, -0.25) is 4.79 Å². The second-order valence-electron chi connectivity index (χ2n) is 8.51. The largest absolute Gasteiger partial charge is 0.394 e. The molecule has 2 aliphatic rings. The Kier molecular flexibility index (Phi) is 13.6. The topological polar surface area (TPSA) is 197 Å². The van der Waals surface area contributed by atoms with E-state index in [1.807, 2.05) is 0 Å². The molecule has 0 saturated carbocycles. The van der Waals surface area contributed by atoms with E-state index in [1.165, 1.54) is 6.92 Å². The van der Waals surface area contributed by atoms with Crippen LogP contribution in [0.25, 0.3) is 0 Å². The summed E-state index contributed by atoms with van der Waals surface area (Å²) >= 11 is 4.16. The van der Waals surface area contributed by atoms with Crippen LogP contribution in [0.2, 0.25) is 0 Å². The molecular formula is C21H39NO12S. The molecule has 0 spiro atoms. The lowest BCUT2D eigenvalue weighted by Gasteiger charge is -2.47. The minimum Gasteiger partial charge on any atom is -0.394 e. The van der Waals surface area contributed by atoms with Crippen molar-refractivity contribution in [3.05, 3.63) is 0 Å². The molecule has 2 aliphatic heterocycles. The van der Waals surface area contributed by atoms with Crippen LogP contribution in [-0.2, 0) is 28.5 Å². The number of aliphatic hydroxyl groups is 6. The normalized spacial score (nSPS) is 37.8. The fourth-order valence-corrected chi connectivity index (χ4v) is 4.14. The van der Waals surface area contributed by atoms with Crippen molar-refractivity contribution < 1.29 is 59.1 Å². The van der Waals surface area contributed by atoms with Gasteiger partial charge in [0.25, 0.3) is 0 Å². The summed E-state index contributed by atoms with van der Waals surface area (Å²) in [5.74, 6) is 0.321. The Labute approximate surface area is 209 Å². The van der Waals surface area contributed by atoms with Gasteiger partial charge in [0.2, 0.25) is 5.91 Å². The van der Waals surface area contributed by atoms with E-state index in [1.54, 1.807) is 0 Å².